The van der Waals surface area contributed by atoms with Crippen molar-refractivity contribution in [1.29, 1.82) is 0 Å². The summed E-state index contributed by atoms with van der Waals surface area (Å²) >= 11 is 1.59. The fraction of sp³-hybridized carbons (Fsp3) is 0.294. The van der Waals surface area contributed by atoms with Gasteiger partial charge in [-0.2, -0.15) is 0 Å². The van der Waals surface area contributed by atoms with Gasteiger partial charge in [0.05, 0.1) is 0 Å². The van der Waals surface area contributed by atoms with Gasteiger partial charge in [-0.1, -0.05) is 31.2 Å². The Balaban J connectivity index is 1.92. The van der Waals surface area contributed by atoms with E-state index in [0.29, 0.717) is 5.69 Å². The van der Waals surface area contributed by atoms with Crippen LogP contribution in [0.2, 0.25) is 0 Å². The first-order valence-electron chi connectivity index (χ1n) is 7.47. The number of rotatable bonds is 5. The molecule has 114 valence electrons. The molecular weight excluding hydrogens is 294 g/mol. The molecule has 3 rings (SSSR count). The number of nitrogen functional groups attached to an aromatic ring is 1. The van der Waals surface area contributed by atoms with Crippen molar-refractivity contribution in [2.45, 2.75) is 30.6 Å². The molecule has 0 atom stereocenters. The van der Waals surface area contributed by atoms with Crippen LogP contribution >= 0.6 is 11.8 Å². The fourth-order valence-electron chi connectivity index (χ4n) is 2.47. The lowest BCUT2D eigenvalue weighted by Gasteiger charge is -2.09. The molecule has 0 spiro atoms. The highest BCUT2D eigenvalue weighted by Gasteiger charge is 2.23. The van der Waals surface area contributed by atoms with Gasteiger partial charge in [-0.25, -0.2) is 10.8 Å². The van der Waals surface area contributed by atoms with Gasteiger partial charge >= 0.3 is 0 Å². The molecule has 0 bridgehead atoms. The Morgan fingerprint density at radius 1 is 1.32 bits per heavy atom. The Morgan fingerprint density at radius 3 is 2.64 bits per heavy atom. The van der Waals surface area contributed by atoms with Crippen LogP contribution in [0.15, 0.2) is 41.4 Å². The highest BCUT2D eigenvalue weighted by Crippen LogP contribution is 2.40. The standard InChI is InChI=1S/C17H19N3OS/c1-2-22-15-9-14(10-19-16(15)17(21)20-18)13-7-5-12(6-8-13)11-3-4-11/h5-11H,2-4,18H2,1H3,(H,20,21). The summed E-state index contributed by atoms with van der Waals surface area (Å²) in [5, 5.41) is 0. The van der Waals surface area contributed by atoms with Gasteiger partial charge in [0.25, 0.3) is 5.91 Å². The molecule has 0 aliphatic heterocycles. The first kappa shape index (κ1) is 15.1. The lowest BCUT2D eigenvalue weighted by atomic mass is 10.0. The molecule has 1 amide bonds. The quantitative estimate of drug-likeness (QED) is 0.384. The van der Waals surface area contributed by atoms with Gasteiger partial charge in [0.2, 0.25) is 0 Å². The van der Waals surface area contributed by atoms with E-state index in [1.807, 2.05) is 13.0 Å². The maximum absolute atomic E-state index is 11.8. The zero-order valence-electron chi connectivity index (χ0n) is 12.5. The molecule has 2 aromatic rings. The van der Waals surface area contributed by atoms with E-state index in [4.69, 9.17) is 5.84 Å². The molecule has 1 saturated carbocycles. The Kier molecular flexibility index (Phi) is 4.45. The summed E-state index contributed by atoms with van der Waals surface area (Å²) < 4.78 is 0. The van der Waals surface area contributed by atoms with Crippen molar-refractivity contribution < 1.29 is 4.79 Å². The zero-order valence-corrected chi connectivity index (χ0v) is 13.3. The third-order valence-electron chi connectivity index (χ3n) is 3.79. The van der Waals surface area contributed by atoms with Crippen molar-refractivity contribution >= 4 is 17.7 Å². The third-order valence-corrected chi connectivity index (χ3v) is 4.70. The van der Waals surface area contributed by atoms with E-state index < -0.39 is 0 Å². The molecular formula is C17H19N3OS. The van der Waals surface area contributed by atoms with Gasteiger partial charge in [0.15, 0.2) is 0 Å². The summed E-state index contributed by atoms with van der Waals surface area (Å²) in [6, 6.07) is 10.7. The number of carbonyl (C=O) groups excluding carboxylic acids is 1. The molecule has 4 nitrogen and oxygen atoms in total. The number of thioether (sulfide) groups is 1. The topological polar surface area (TPSA) is 68.0 Å². The molecule has 1 aromatic heterocycles. The maximum atomic E-state index is 11.8. The molecule has 0 radical (unpaired) electrons. The Hall–Kier alpha value is -1.85. The van der Waals surface area contributed by atoms with E-state index >= 15 is 0 Å². The van der Waals surface area contributed by atoms with E-state index in [1.165, 1.54) is 18.4 Å². The van der Waals surface area contributed by atoms with Crippen LogP contribution in [0, 0.1) is 0 Å². The summed E-state index contributed by atoms with van der Waals surface area (Å²) in [7, 11) is 0. The van der Waals surface area contributed by atoms with E-state index in [-0.39, 0.29) is 5.91 Å². The van der Waals surface area contributed by atoms with Crippen LogP contribution in [0.25, 0.3) is 11.1 Å². The van der Waals surface area contributed by atoms with Gasteiger partial charge in [-0.05, 0) is 41.7 Å². The second kappa shape index (κ2) is 6.50. The number of hydrazine groups is 1. The normalized spacial score (nSPS) is 13.9. The molecule has 0 saturated heterocycles. The smallest absolute Gasteiger partial charge is 0.284 e. The zero-order chi connectivity index (χ0) is 15.5. The van der Waals surface area contributed by atoms with Crippen LogP contribution in [-0.4, -0.2) is 16.6 Å². The van der Waals surface area contributed by atoms with Gasteiger partial charge in [-0.3, -0.25) is 10.2 Å². The number of nitrogens with one attached hydrogen (secondary N) is 1. The number of hydrogen-bond acceptors (Lipinski definition) is 4. The van der Waals surface area contributed by atoms with Gasteiger partial charge in [0, 0.05) is 16.7 Å². The Morgan fingerprint density at radius 2 is 2.05 bits per heavy atom. The van der Waals surface area contributed by atoms with Gasteiger partial charge in [-0.15, -0.1) is 11.8 Å². The number of pyridine rings is 1. The predicted molar refractivity (Wildman–Crippen MR) is 89.7 cm³/mol. The predicted octanol–water partition coefficient (Wildman–Crippen LogP) is 3.34. The molecule has 1 fully saturated rings. The fourth-order valence-corrected chi connectivity index (χ4v) is 3.27. The van der Waals surface area contributed by atoms with Gasteiger partial charge in [0.1, 0.15) is 5.69 Å². The lowest BCUT2D eigenvalue weighted by molar-refractivity contribution is 0.0945. The monoisotopic (exact) mass is 313 g/mol. The Bertz CT molecular complexity index is 681. The lowest BCUT2D eigenvalue weighted by Crippen LogP contribution is -2.31. The molecule has 1 aliphatic rings. The van der Waals surface area contributed by atoms with Crippen molar-refractivity contribution in [3.63, 3.8) is 0 Å². The molecule has 0 unspecified atom stereocenters. The van der Waals surface area contributed by atoms with E-state index in [1.54, 1.807) is 18.0 Å². The Labute approximate surface area is 134 Å². The average molecular weight is 313 g/mol. The number of benzene rings is 1. The molecule has 1 aliphatic carbocycles. The number of hydrogen-bond donors (Lipinski definition) is 2. The van der Waals surface area contributed by atoms with Crippen molar-refractivity contribution in [2.24, 2.45) is 5.84 Å². The van der Waals surface area contributed by atoms with Crippen LogP contribution in [0.1, 0.15) is 41.7 Å². The first-order valence-corrected chi connectivity index (χ1v) is 8.45. The summed E-state index contributed by atoms with van der Waals surface area (Å²) in [6.45, 7) is 2.05. The highest BCUT2D eigenvalue weighted by molar-refractivity contribution is 7.99. The molecule has 5 heteroatoms. The summed E-state index contributed by atoms with van der Waals surface area (Å²) in [5.41, 5.74) is 6.09. The summed E-state index contributed by atoms with van der Waals surface area (Å²) in [6.07, 6.45) is 4.35. The number of nitrogens with two attached hydrogens (primary N) is 1. The van der Waals surface area contributed by atoms with Crippen LogP contribution in [0.4, 0.5) is 0 Å². The molecule has 1 aromatic carbocycles. The minimum Gasteiger partial charge on any atom is -0.289 e. The second-order valence-electron chi connectivity index (χ2n) is 5.37. The van der Waals surface area contributed by atoms with E-state index in [2.05, 4.69) is 34.7 Å². The molecule has 22 heavy (non-hydrogen) atoms. The number of carbonyl (C=O) groups is 1. The SMILES string of the molecule is CCSc1cc(-c2ccc(C3CC3)cc2)cnc1C(=O)NN. The largest absolute Gasteiger partial charge is 0.289 e. The number of aromatic nitrogens is 1. The van der Waals surface area contributed by atoms with Crippen LogP contribution in [-0.2, 0) is 0 Å². The van der Waals surface area contributed by atoms with Crippen molar-refractivity contribution in [3.05, 3.63) is 47.8 Å². The van der Waals surface area contributed by atoms with Crippen molar-refractivity contribution in [2.75, 3.05) is 5.75 Å². The minimum atomic E-state index is -0.355. The van der Waals surface area contributed by atoms with Crippen LogP contribution in [0.3, 0.4) is 0 Å². The van der Waals surface area contributed by atoms with Crippen molar-refractivity contribution in [1.82, 2.24) is 10.4 Å². The second-order valence-corrected chi connectivity index (χ2v) is 6.68. The molecule has 1 heterocycles. The third kappa shape index (κ3) is 3.15. The maximum Gasteiger partial charge on any atom is 0.284 e. The summed E-state index contributed by atoms with van der Waals surface area (Å²) in [5.74, 6) is 6.50. The highest BCUT2D eigenvalue weighted by atomic mass is 32.2. The van der Waals surface area contributed by atoms with Crippen molar-refractivity contribution in [3.8, 4) is 11.1 Å². The van der Waals surface area contributed by atoms with E-state index in [9.17, 15) is 4.79 Å². The summed E-state index contributed by atoms with van der Waals surface area (Å²) in [4.78, 5) is 16.9. The van der Waals surface area contributed by atoms with E-state index in [0.717, 1.165) is 27.7 Å². The number of amides is 1. The first-order chi connectivity index (χ1) is 10.7. The van der Waals surface area contributed by atoms with Crippen LogP contribution in [0.5, 0.6) is 0 Å². The van der Waals surface area contributed by atoms with Gasteiger partial charge < -0.3 is 0 Å². The molecule has 3 N–H and O–H groups in total. The van der Waals surface area contributed by atoms with Crippen LogP contribution < -0.4 is 11.3 Å². The average Bonchev–Trinajstić information content (AvgIpc) is 3.39. The number of nitrogens with zero attached hydrogens (tertiary/aromatic N) is 1. The minimum absolute atomic E-state index is 0.355.